The predicted molar refractivity (Wildman–Crippen MR) is 84.2 cm³/mol. The summed E-state index contributed by atoms with van der Waals surface area (Å²) in [5.41, 5.74) is 2.02. The summed E-state index contributed by atoms with van der Waals surface area (Å²) in [7, 11) is -3.08. The van der Waals surface area contributed by atoms with Crippen molar-refractivity contribution < 1.29 is 8.42 Å². The van der Waals surface area contributed by atoms with Crippen molar-refractivity contribution in [1.82, 2.24) is 15.1 Å². The van der Waals surface area contributed by atoms with E-state index in [2.05, 4.69) is 10.4 Å². The monoisotopic (exact) mass is 307 g/mol. The number of hydrogen-bond acceptors (Lipinski definition) is 4. The summed E-state index contributed by atoms with van der Waals surface area (Å²) in [5, 5.41) is 7.49. The molecule has 0 spiro atoms. The van der Waals surface area contributed by atoms with Crippen molar-refractivity contribution in [1.29, 1.82) is 0 Å². The Morgan fingerprint density at radius 3 is 2.52 bits per heavy atom. The van der Waals surface area contributed by atoms with Gasteiger partial charge < -0.3 is 5.32 Å². The van der Waals surface area contributed by atoms with Gasteiger partial charge in [-0.15, -0.1) is 0 Å². The van der Waals surface area contributed by atoms with E-state index in [0.717, 1.165) is 11.3 Å². The lowest BCUT2D eigenvalue weighted by Gasteiger charge is -2.22. The van der Waals surface area contributed by atoms with Gasteiger partial charge in [-0.05, 0) is 26.0 Å². The molecule has 0 aliphatic carbocycles. The van der Waals surface area contributed by atoms with E-state index in [4.69, 9.17) is 0 Å². The number of hydrogen-bond donors (Lipinski definition) is 1. The average Bonchev–Trinajstić information content (AvgIpc) is 2.87. The zero-order chi connectivity index (χ0) is 15.5. The lowest BCUT2D eigenvalue weighted by molar-refractivity contribution is 0.521. The van der Waals surface area contributed by atoms with Gasteiger partial charge in [-0.25, -0.2) is 13.1 Å². The van der Waals surface area contributed by atoms with Crippen molar-refractivity contribution in [2.24, 2.45) is 0 Å². The molecule has 0 bridgehead atoms. The summed E-state index contributed by atoms with van der Waals surface area (Å²) in [6, 6.07) is 9.85. The highest BCUT2D eigenvalue weighted by molar-refractivity contribution is 7.92. The first-order valence-electron chi connectivity index (χ1n) is 6.79. The van der Waals surface area contributed by atoms with E-state index in [1.807, 2.05) is 36.5 Å². The molecule has 1 aromatic heterocycles. The van der Waals surface area contributed by atoms with Gasteiger partial charge in [0.15, 0.2) is 9.84 Å². The third kappa shape index (κ3) is 3.92. The van der Waals surface area contributed by atoms with Crippen molar-refractivity contribution in [3.63, 3.8) is 0 Å². The van der Waals surface area contributed by atoms with Gasteiger partial charge in [-0.3, -0.25) is 0 Å². The summed E-state index contributed by atoms with van der Waals surface area (Å²) in [6.07, 6.45) is 4.99. The number of benzene rings is 1. The highest BCUT2D eigenvalue weighted by atomic mass is 32.2. The van der Waals surface area contributed by atoms with E-state index < -0.39 is 14.6 Å². The fourth-order valence-corrected chi connectivity index (χ4v) is 2.18. The van der Waals surface area contributed by atoms with Crippen LogP contribution in [0.3, 0.4) is 0 Å². The van der Waals surface area contributed by atoms with Gasteiger partial charge in [0, 0.05) is 31.1 Å². The Morgan fingerprint density at radius 1 is 1.24 bits per heavy atom. The zero-order valence-electron chi connectivity index (χ0n) is 12.6. The molecule has 2 aromatic rings. The van der Waals surface area contributed by atoms with Gasteiger partial charge >= 0.3 is 0 Å². The van der Waals surface area contributed by atoms with E-state index in [1.165, 1.54) is 6.26 Å². The fourth-order valence-electron chi connectivity index (χ4n) is 1.81. The molecule has 0 saturated heterocycles. The van der Waals surface area contributed by atoms with Crippen LogP contribution in [0.5, 0.6) is 0 Å². The highest BCUT2D eigenvalue weighted by Gasteiger charge is 2.29. The van der Waals surface area contributed by atoms with Gasteiger partial charge in [-0.2, -0.15) is 5.10 Å². The summed E-state index contributed by atoms with van der Waals surface area (Å²) in [4.78, 5) is 0. The molecule has 1 heterocycles. The van der Waals surface area contributed by atoms with Crippen LogP contribution in [0, 0.1) is 0 Å². The summed E-state index contributed by atoms with van der Waals surface area (Å²) >= 11 is 0. The van der Waals surface area contributed by atoms with Crippen LogP contribution in [0.2, 0.25) is 0 Å². The zero-order valence-corrected chi connectivity index (χ0v) is 13.4. The molecule has 0 atom stereocenters. The molecule has 0 aliphatic heterocycles. The summed E-state index contributed by atoms with van der Waals surface area (Å²) < 4.78 is 24.3. The minimum absolute atomic E-state index is 0.405. The lowest BCUT2D eigenvalue weighted by Crippen LogP contribution is -2.41. The third-order valence-corrected chi connectivity index (χ3v) is 5.69. The Kier molecular flexibility index (Phi) is 4.49. The average molecular weight is 307 g/mol. The van der Waals surface area contributed by atoms with Gasteiger partial charge in [0.2, 0.25) is 0 Å². The minimum Gasteiger partial charge on any atom is -0.311 e. The molecule has 0 fully saturated rings. The van der Waals surface area contributed by atoms with Crippen LogP contribution in [0.15, 0.2) is 42.7 Å². The van der Waals surface area contributed by atoms with Gasteiger partial charge in [-0.1, -0.05) is 18.2 Å². The Morgan fingerprint density at radius 2 is 1.90 bits per heavy atom. The number of rotatable bonds is 6. The lowest BCUT2D eigenvalue weighted by atomic mass is 10.2. The van der Waals surface area contributed by atoms with Crippen molar-refractivity contribution in [2.45, 2.75) is 25.1 Å². The molecule has 114 valence electrons. The Balaban J connectivity index is 1.96. The molecule has 0 saturated carbocycles. The van der Waals surface area contributed by atoms with E-state index in [1.54, 1.807) is 24.7 Å². The number of para-hydroxylation sites is 1. The van der Waals surface area contributed by atoms with Crippen LogP contribution >= 0.6 is 0 Å². The second-order valence-electron chi connectivity index (χ2n) is 5.76. The summed E-state index contributed by atoms with van der Waals surface area (Å²) in [6.45, 7) is 4.44. The molecule has 6 heteroatoms. The molecule has 1 aromatic carbocycles. The molecule has 0 aliphatic rings. The highest BCUT2D eigenvalue weighted by Crippen LogP contribution is 2.14. The number of sulfone groups is 1. The Bertz CT molecular complexity index is 691. The van der Waals surface area contributed by atoms with E-state index in [-0.39, 0.29) is 0 Å². The third-order valence-electron chi connectivity index (χ3n) is 3.54. The predicted octanol–water partition coefficient (Wildman–Crippen LogP) is 1.79. The smallest absolute Gasteiger partial charge is 0.153 e. The quantitative estimate of drug-likeness (QED) is 0.883. The minimum atomic E-state index is -3.08. The van der Waals surface area contributed by atoms with Crippen LogP contribution in [0.25, 0.3) is 5.69 Å². The topological polar surface area (TPSA) is 64.0 Å². The van der Waals surface area contributed by atoms with E-state index in [0.29, 0.717) is 13.1 Å². The van der Waals surface area contributed by atoms with Gasteiger partial charge in [0.25, 0.3) is 0 Å². The Labute approximate surface area is 125 Å². The van der Waals surface area contributed by atoms with Crippen LogP contribution in [0.1, 0.15) is 19.4 Å². The van der Waals surface area contributed by atoms with Gasteiger partial charge in [0.1, 0.15) is 0 Å². The standard InChI is InChI=1S/C15H21N3O2S/c1-15(2,21(3,19)20)12-16-9-13-10-17-18(11-13)14-7-5-4-6-8-14/h4-8,10-11,16H,9,12H2,1-3H3. The molecule has 0 amide bonds. The molecular weight excluding hydrogens is 286 g/mol. The SMILES string of the molecule is CC(C)(CNCc1cnn(-c2ccccc2)c1)S(C)(=O)=O. The molecule has 5 nitrogen and oxygen atoms in total. The summed E-state index contributed by atoms with van der Waals surface area (Å²) in [5.74, 6) is 0. The molecule has 0 radical (unpaired) electrons. The first kappa shape index (κ1) is 15.7. The molecule has 2 rings (SSSR count). The fraction of sp³-hybridized carbons (Fsp3) is 0.400. The van der Waals surface area contributed by atoms with Crippen molar-refractivity contribution >= 4 is 9.84 Å². The largest absolute Gasteiger partial charge is 0.311 e. The van der Waals surface area contributed by atoms with E-state index in [9.17, 15) is 8.42 Å². The number of aromatic nitrogens is 2. The molecule has 0 unspecified atom stereocenters. The molecular formula is C15H21N3O2S. The first-order chi connectivity index (χ1) is 9.79. The Hall–Kier alpha value is -1.66. The second-order valence-corrected chi connectivity index (χ2v) is 8.41. The normalized spacial score (nSPS) is 12.5. The van der Waals surface area contributed by atoms with Crippen LogP contribution in [-0.4, -0.2) is 35.7 Å². The van der Waals surface area contributed by atoms with Crippen LogP contribution in [0.4, 0.5) is 0 Å². The van der Waals surface area contributed by atoms with Crippen molar-refractivity contribution in [3.8, 4) is 5.69 Å². The van der Waals surface area contributed by atoms with E-state index >= 15 is 0 Å². The maximum Gasteiger partial charge on any atom is 0.153 e. The first-order valence-corrected chi connectivity index (χ1v) is 8.68. The number of nitrogens with one attached hydrogen (secondary N) is 1. The molecule has 21 heavy (non-hydrogen) atoms. The van der Waals surface area contributed by atoms with Crippen LogP contribution in [-0.2, 0) is 16.4 Å². The maximum absolute atomic E-state index is 11.6. The molecule has 1 N–H and O–H groups in total. The second kappa shape index (κ2) is 5.99. The van der Waals surface area contributed by atoms with Crippen LogP contribution < -0.4 is 5.32 Å². The maximum atomic E-state index is 11.6. The van der Waals surface area contributed by atoms with Gasteiger partial charge in [0.05, 0.1) is 16.6 Å². The van der Waals surface area contributed by atoms with Crippen molar-refractivity contribution in [3.05, 3.63) is 48.3 Å². The number of nitrogens with zero attached hydrogens (tertiary/aromatic N) is 2. The van der Waals surface area contributed by atoms with Crippen molar-refractivity contribution in [2.75, 3.05) is 12.8 Å².